The molecule has 0 saturated carbocycles. The lowest BCUT2D eigenvalue weighted by Crippen LogP contribution is -2.42. The predicted octanol–water partition coefficient (Wildman–Crippen LogP) is 6.14. The second kappa shape index (κ2) is 14.1. The van der Waals surface area contributed by atoms with Gasteiger partial charge in [-0.1, -0.05) is 72.8 Å². The third-order valence-electron chi connectivity index (χ3n) is 7.73. The van der Waals surface area contributed by atoms with Gasteiger partial charge in [0.25, 0.3) is 5.69 Å². The van der Waals surface area contributed by atoms with Gasteiger partial charge in [0.1, 0.15) is 5.60 Å². The third-order valence-corrected chi connectivity index (χ3v) is 7.73. The zero-order valence-electron chi connectivity index (χ0n) is 25.8. The maximum Gasteiger partial charge on any atom is 0.337 e. The van der Waals surface area contributed by atoms with Gasteiger partial charge in [-0.05, 0) is 57.4 Å². The monoisotopic (exact) mass is 597 g/mol. The Kier molecular flexibility index (Phi) is 10.3. The van der Waals surface area contributed by atoms with Gasteiger partial charge < -0.3 is 20.1 Å². The minimum absolute atomic E-state index is 0.151. The highest BCUT2D eigenvalue weighted by molar-refractivity contribution is 6.00. The number of nitrogens with one attached hydrogen (secondary N) is 2. The van der Waals surface area contributed by atoms with E-state index in [4.69, 9.17) is 9.47 Å². The number of hydrogen-bond donors (Lipinski definition) is 2. The molecule has 1 aliphatic heterocycles. The Hall–Kier alpha value is -4.76. The van der Waals surface area contributed by atoms with Crippen molar-refractivity contribution >= 4 is 17.6 Å². The SMILES string of the molecule is COC(=O)C1=C(C)NC(C)=C(C(=O)OC(C)(C)CNCCC(c2ccccc2)c2ccccc2)C1c1cccc([N+](=O)[O-])c1. The Morgan fingerprint density at radius 2 is 1.48 bits per heavy atom. The standard InChI is InChI=1S/C35H39N3O6/c1-23-30(33(39)43-5)32(27-17-12-18-28(21-27)38(41)42)31(24(2)37-23)34(40)44-35(3,4)22-36-20-19-29(25-13-8-6-9-14-25)26-15-10-7-11-16-26/h6-18,21,29,32,36-37H,19-20,22H2,1-5H3. The summed E-state index contributed by atoms with van der Waals surface area (Å²) in [7, 11) is 1.26. The van der Waals surface area contributed by atoms with Gasteiger partial charge in [-0.15, -0.1) is 0 Å². The lowest BCUT2D eigenvalue weighted by Gasteiger charge is -2.33. The first-order valence-electron chi connectivity index (χ1n) is 14.6. The van der Waals surface area contributed by atoms with E-state index in [0.29, 0.717) is 30.0 Å². The first kappa shape index (κ1) is 32.2. The Bertz CT molecular complexity index is 1520. The smallest absolute Gasteiger partial charge is 0.337 e. The number of rotatable bonds is 12. The number of carbonyl (C=O) groups excluding carboxylic acids is 2. The number of methoxy groups -OCH3 is 1. The maximum atomic E-state index is 13.8. The number of non-ortho nitro benzene ring substituents is 1. The number of nitro groups is 1. The van der Waals surface area contributed by atoms with Crippen LogP contribution in [0.5, 0.6) is 0 Å². The summed E-state index contributed by atoms with van der Waals surface area (Å²) in [5, 5.41) is 18.1. The van der Waals surface area contributed by atoms with E-state index in [1.165, 1.54) is 36.4 Å². The molecule has 9 heteroatoms. The van der Waals surface area contributed by atoms with Crippen molar-refractivity contribution in [2.45, 2.75) is 51.6 Å². The van der Waals surface area contributed by atoms with Crippen LogP contribution in [-0.2, 0) is 19.1 Å². The van der Waals surface area contributed by atoms with Crippen LogP contribution >= 0.6 is 0 Å². The van der Waals surface area contributed by atoms with E-state index in [1.807, 2.05) is 50.2 Å². The molecule has 1 heterocycles. The predicted molar refractivity (Wildman–Crippen MR) is 169 cm³/mol. The van der Waals surface area contributed by atoms with Crippen LogP contribution in [0.25, 0.3) is 0 Å². The number of benzene rings is 3. The summed E-state index contributed by atoms with van der Waals surface area (Å²) in [6, 6.07) is 26.6. The normalized spacial score (nSPS) is 15.2. The Morgan fingerprint density at radius 3 is 2.02 bits per heavy atom. The summed E-state index contributed by atoms with van der Waals surface area (Å²) in [5.41, 5.74) is 3.19. The molecule has 1 unspecified atom stereocenters. The van der Waals surface area contributed by atoms with Crippen molar-refractivity contribution in [2.24, 2.45) is 0 Å². The number of esters is 2. The molecule has 4 rings (SSSR count). The number of allylic oxidation sites excluding steroid dienone is 2. The molecule has 9 nitrogen and oxygen atoms in total. The van der Waals surface area contributed by atoms with E-state index in [2.05, 4.69) is 34.9 Å². The molecule has 0 fully saturated rings. The van der Waals surface area contributed by atoms with Crippen LogP contribution in [-0.4, -0.2) is 42.7 Å². The van der Waals surface area contributed by atoms with Crippen molar-refractivity contribution in [3.8, 4) is 0 Å². The van der Waals surface area contributed by atoms with Crippen LogP contribution in [0.2, 0.25) is 0 Å². The van der Waals surface area contributed by atoms with E-state index >= 15 is 0 Å². The van der Waals surface area contributed by atoms with E-state index in [0.717, 1.165) is 6.42 Å². The molecular weight excluding hydrogens is 558 g/mol. The second-order valence-electron chi connectivity index (χ2n) is 11.5. The molecular formula is C35H39N3O6. The Balaban J connectivity index is 1.51. The molecule has 2 N–H and O–H groups in total. The molecule has 1 atom stereocenters. The van der Waals surface area contributed by atoms with Crippen LogP contribution < -0.4 is 10.6 Å². The highest BCUT2D eigenvalue weighted by atomic mass is 16.6. The van der Waals surface area contributed by atoms with Gasteiger partial charge >= 0.3 is 11.9 Å². The molecule has 44 heavy (non-hydrogen) atoms. The van der Waals surface area contributed by atoms with Crippen LogP contribution in [0.3, 0.4) is 0 Å². The lowest BCUT2D eigenvalue weighted by atomic mass is 9.80. The number of carbonyl (C=O) groups is 2. The molecule has 0 spiro atoms. The van der Waals surface area contributed by atoms with Crippen LogP contribution in [0.15, 0.2) is 107 Å². The van der Waals surface area contributed by atoms with Gasteiger partial charge in [-0.2, -0.15) is 0 Å². The largest absolute Gasteiger partial charge is 0.466 e. The first-order valence-corrected chi connectivity index (χ1v) is 14.6. The summed E-state index contributed by atoms with van der Waals surface area (Å²) in [6.07, 6.45) is 0.841. The van der Waals surface area contributed by atoms with Crippen molar-refractivity contribution in [3.05, 3.63) is 134 Å². The van der Waals surface area contributed by atoms with Crippen LogP contribution in [0.4, 0.5) is 5.69 Å². The molecule has 3 aromatic carbocycles. The fourth-order valence-corrected chi connectivity index (χ4v) is 5.67. The molecule has 3 aromatic rings. The molecule has 1 aliphatic rings. The zero-order chi connectivity index (χ0) is 31.9. The van der Waals surface area contributed by atoms with Gasteiger partial charge in [-0.3, -0.25) is 10.1 Å². The number of nitro benzene ring substituents is 1. The van der Waals surface area contributed by atoms with E-state index in [1.54, 1.807) is 19.9 Å². The van der Waals surface area contributed by atoms with Gasteiger partial charge in [0, 0.05) is 36.0 Å². The summed E-state index contributed by atoms with van der Waals surface area (Å²) in [5.74, 6) is -1.98. The highest BCUT2D eigenvalue weighted by Crippen LogP contribution is 2.40. The molecule has 0 bridgehead atoms. The molecule has 230 valence electrons. The summed E-state index contributed by atoms with van der Waals surface area (Å²) in [6.45, 7) is 8.13. The fourth-order valence-electron chi connectivity index (χ4n) is 5.67. The molecule has 0 saturated heterocycles. The van der Waals surface area contributed by atoms with E-state index in [9.17, 15) is 19.7 Å². The fraction of sp³-hybridized carbons (Fsp3) is 0.314. The number of dihydropyridines is 1. The number of ether oxygens (including phenoxy) is 2. The van der Waals surface area contributed by atoms with Crippen molar-refractivity contribution in [1.82, 2.24) is 10.6 Å². The Morgan fingerprint density at radius 1 is 0.909 bits per heavy atom. The maximum absolute atomic E-state index is 13.8. The van der Waals surface area contributed by atoms with Gasteiger partial charge in [0.05, 0.1) is 29.1 Å². The summed E-state index contributed by atoms with van der Waals surface area (Å²) >= 11 is 0. The minimum Gasteiger partial charge on any atom is -0.466 e. The summed E-state index contributed by atoms with van der Waals surface area (Å²) < 4.78 is 11.1. The number of hydrogen-bond acceptors (Lipinski definition) is 8. The second-order valence-corrected chi connectivity index (χ2v) is 11.5. The van der Waals surface area contributed by atoms with Gasteiger partial charge in [-0.25, -0.2) is 9.59 Å². The molecule has 0 amide bonds. The van der Waals surface area contributed by atoms with E-state index < -0.39 is 28.4 Å². The van der Waals surface area contributed by atoms with Crippen LogP contribution in [0, 0.1) is 10.1 Å². The average Bonchev–Trinajstić information content (AvgIpc) is 3.01. The first-order chi connectivity index (χ1) is 21.0. The van der Waals surface area contributed by atoms with Crippen molar-refractivity contribution in [3.63, 3.8) is 0 Å². The number of nitrogens with zero attached hydrogens (tertiary/aromatic N) is 1. The van der Waals surface area contributed by atoms with Crippen molar-refractivity contribution in [1.29, 1.82) is 0 Å². The van der Waals surface area contributed by atoms with Crippen molar-refractivity contribution in [2.75, 3.05) is 20.2 Å². The zero-order valence-corrected chi connectivity index (χ0v) is 25.8. The molecule has 0 aromatic heterocycles. The van der Waals surface area contributed by atoms with Crippen molar-refractivity contribution < 1.29 is 24.0 Å². The Labute approximate surface area is 258 Å². The topological polar surface area (TPSA) is 120 Å². The van der Waals surface area contributed by atoms with Crippen LogP contribution in [0.1, 0.15) is 62.6 Å². The quantitative estimate of drug-likeness (QED) is 0.111. The van der Waals surface area contributed by atoms with Gasteiger partial charge in [0.15, 0.2) is 0 Å². The third kappa shape index (κ3) is 7.60. The lowest BCUT2D eigenvalue weighted by molar-refractivity contribution is -0.384. The molecule has 0 aliphatic carbocycles. The summed E-state index contributed by atoms with van der Waals surface area (Å²) in [4.78, 5) is 37.8. The highest BCUT2D eigenvalue weighted by Gasteiger charge is 2.39. The average molecular weight is 598 g/mol. The van der Waals surface area contributed by atoms with E-state index in [-0.39, 0.29) is 22.8 Å². The van der Waals surface area contributed by atoms with Gasteiger partial charge in [0.2, 0.25) is 0 Å². The molecule has 0 radical (unpaired) electrons. The minimum atomic E-state index is -0.919.